The minimum absolute atomic E-state index is 0.0329. The van der Waals surface area contributed by atoms with Crippen molar-refractivity contribution in [3.63, 3.8) is 0 Å². The van der Waals surface area contributed by atoms with Crippen molar-refractivity contribution < 1.29 is 14.3 Å². The van der Waals surface area contributed by atoms with Crippen LogP contribution in [0.2, 0.25) is 0 Å². The van der Waals surface area contributed by atoms with Crippen LogP contribution < -0.4 is 10.2 Å². The standard InChI is InChI=1S/C20H24N8O3/c1-3-20(13-21)5-7-27(18(20)30)16-4-6-22-19(25-16)24-14-8-23-28(9-14)15-10-26(11-15)17(29)12-31-2/h4,6,8-9,15H,3,5,7,10-12H2,1-2H3,(H,22,24,25)/t20-/m1/s1. The van der Waals surface area contributed by atoms with Crippen LogP contribution in [0.15, 0.2) is 24.7 Å². The molecule has 11 heteroatoms. The predicted molar refractivity (Wildman–Crippen MR) is 110 cm³/mol. The molecule has 2 aliphatic rings. The van der Waals surface area contributed by atoms with Crippen LogP contribution in [-0.4, -0.2) is 69.8 Å². The lowest BCUT2D eigenvalue weighted by Crippen LogP contribution is -2.51. The van der Waals surface area contributed by atoms with E-state index in [1.807, 2.05) is 13.1 Å². The second-order valence-corrected chi connectivity index (χ2v) is 7.71. The third kappa shape index (κ3) is 3.82. The molecule has 4 rings (SSSR count). The van der Waals surface area contributed by atoms with E-state index in [2.05, 4.69) is 26.5 Å². The number of amides is 2. The molecule has 2 amide bonds. The highest BCUT2D eigenvalue weighted by atomic mass is 16.5. The van der Waals surface area contributed by atoms with Crippen molar-refractivity contribution >= 4 is 29.3 Å². The van der Waals surface area contributed by atoms with Gasteiger partial charge in [0.05, 0.1) is 24.0 Å². The van der Waals surface area contributed by atoms with E-state index in [9.17, 15) is 14.9 Å². The maximum absolute atomic E-state index is 12.8. The van der Waals surface area contributed by atoms with E-state index >= 15 is 0 Å². The molecule has 162 valence electrons. The number of carbonyl (C=O) groups is 2. The number of nitrogens with zero attached hydrogens (tertiary/aromatic N) is 7. The van der Waals surface area contributed by atoms with Gasteiger partial charge in [-0.3, -0.25) is 19.2 Å². The molecular weight excluding hydrogens is 400 g/mol. The predicted octanol–water partition coefficient (Wildman–Crippen LogP) is 1.10. The molecule has 2 aromatic heterocycles. The Labute approximate surface area is 179 Å². The zero-order valence-electron chi connectivity index (χ0n) is 17.5. The Morgan fingerprint density at radius 1 is 1.45 bits per heavy atom. The van der Waals surface area contributed by atoms with Gasteiger partial charge in [-0.25, -0.2) is 4.98 Å². The minimum Gasteiger partial charge on any atom is -0.375 e. The van der Waals surface area contributed by atoms with Crippen LogP contribution in [0.25, 0.3) is 0 Å². The van der Waals surface area contributed by atoms with Gasteiger partial charge in [0.2, 0.25) is 17.8 Å². The molecule has 2 aliphatic heterocycles. The van der Waals surface area contributed by atoms with Crippen molar-refractivity contribution in [3.05, 3.63) is 24.7 Å². The van der Waals surface area contributed by atoms with Gasteiger partial charge in [-0.05, 0) is 18.9 Å². The molecule has 31 heavy (non-hydrogen) atoms. The van der Waals surface area contributed by atoms with Crippen molar-refractivity contribution in [1.82, 2.24) is 24.6 Å². The van der Waals surface area contributed by atoms with Crippen LogP contribution in [0.5, 0.6) is 0 Å². The molecule has 0 bridgehead atoms. The second kappa shape index (κ2) is 8.31. The fourth-order valence-corrected chi connectivity index (χ4v) is 3.83. The van der Waals surface area contributed by atoms with E-state index < -0.39 is 5.41 Å². The number of likely N-dealkylation sites (tertiary alicyclic amines) is 1. The molecule has 0 spiro atoms. The van der Waals surface area contributed by atoms with Gasteiger partial charge < -0.3 is 15.0 Å². The van der Waals surface area contributed by atoms with E-state index in [0.29, 0.717) is 49.9 Å². The lowest BCUT2D eigenvalue weighted by molar-refractivity contribution is -0.141. The topological polar surface area (TPSA) is 129 Å². The summed E-state index contributed by atoms with van der Waals surface area (Å²) in [6.45, 7) is 3.56. The smallest absolute Gasteiger partial charge is 0.248 e. The molecule has 4 heterocycles. The van der Waals surface area contributed by atoms with E-state index in [1.54, 1.807) is 32.9 Å². The fraction of sp³-hybridized carbons (Fsp3) is 0.500. The first-order valence-corrected chi connectivity index (χ1v) is 10.1. The quantitative estimate of drug-likeness (QED) is 0.700. The first kappa shape index (κ1) is 20.7. The minimum atomic E-state index is -0.971. The zero-order chi connectivity index (χ0) is 22.0. The highest BCUT2D eigenvalue weighted by molar-refractivity contribution is 6.01. The van der Waals surface area contributed by atoms with Gasteiger partial charge >= 0.3 is 0 Å². The number of anilines is 3. The first-order valence-electron chi connectivity index (χ1n) is 10.1. The van der Waals surface area contributed by atoms with Gasteiger partial charge in [-0.15, -0.1) is 0 Å². The van der Waals surface area contributed by atoms with Crippen LogP contribution in [0, 0.1) is 16.7 Å². The maximum Gasteiger partial charge on any atom is 0.248 e. The van der Waals surface area contributed by atoms with Crippen LogP contribution in [0.4, 0.5) is 17.5 Å². The summed E-state index contributed by atoms with van der Waals surface area (Å²) in [5.74, 6) is 0.551. The fourth-order valence-electron chi connectivity index (χ4n) is 3.83. The van der Waals surface area contributed by atoms with Crippen LogP contribution in [-0.2, 0) is 14.3 Å². The van der Waals surface area contributed by atoms with Gasteiger partial charge in [0.1, 0.15) is 17.8 Å². The number of hydrogen-bond acceptors (Lipinski definition) is 8. The second-order valence-electron chi connectivity index (χ2n) is 7.71. The Balaban J connectivity index is 1.40. The third-order valence-electron chi connectivity index (χ3n) is 5.87. The van der Waals surface area contributed by atoms with Gasteiger partial charge in [0.15, 0.2) is 0 Å². The Morgan fingerprint density at radius 3 is 2.94 bits per heavy atom. The Kier molecular flexibility index (Phi) is 5.56. The SMILES string of the molecule is CC[C@]1(C#N)CCN(c2ccnc(Nc3cnn(C4CN(C(=O)COC)C4)c3)n2)C1=O. The normalized spacial score (nSPS) is 21.1. The summed E-state index contributed by atoms with van der Waals surface area (Å²) in [6.07, 6.45) is 6.03. The number of hydrogen-bond donors (Lipinski definition) is 1. The Morgan fingerprint density at radius 2 is 2.26 bits per heavy atom. The van der Waals surface area contributed by atoms with E-state index in [0.717, 1.165) is 0 Å². The average molecular weight is 424 g/mol. The number of carbonyl (C=O) groups excluding carboxylic acids is 2. The summed E-state index contributed by atoms with van der Waals surface area (Å²) in [4.78, 5) is 36.5. The molecule has 2 aromatic rings. The summed E-state index contributed by atoms with van der Waals surface area (Å²) >= 11 is 0. The molecule has 0 aliphatic carbocycles. The highest BCUT2D eigenvalue weighted by Gasteiger charge is 2.46. The number of nitriles is 1. The molecule has 1 N–H and O–H groups in total. The summed E-state index contributed by atoms with van der Waals surface area (Å²) in [7, 11) is 1.50. The van der Waals surface area contributed by atoms with Gasteiger partial charge in [0.25, 0.3) is 0 Å². The molecule has 0 unspecified atom stereocenters. The number of nitrogens with one attached hydrogen (secondary N) is 1. The van der Waals surface area contributed by atoms with E-state index in [4.69, 9.17) is 4.74 Å². The maximum atomic E-state index is 12.8. The van der Waals surface area contributed by atoms with E-state index in [-0.39, 0.29) is 24.5 Å². The van der Waals surface area contributed by atoms with Gasteiger partial charge in [-0.2, -0.15) is 15.3 Å². The van der Waals surface area contributed by atoms with Crippen molar-refractivity contribution in [3.8, 4) is 6.07 Å². The van der Waals surface area contributed by atoms with Gasteiger partial charge in [0, 0.05) is 39.1 Å². The number of aromatic nitrogens is 4. The number of methoxy groups -OCH3 is 1. The third-order valence-corrected chi connectivity index (χ3v) is 5.87. The molecule has 1 atom stereocenters. The van der Waals surface area contributed by atoms with Crippen molar-refractivity contribution in [2.75, 3.05) is 43.6 Å². The molecule has 0 saturated carbocycles. The van der Waals surface area contributed by atoms with Gasteiger partial charge in [-0.1, -0.05) is 6.92 Å². The molecule has 11 nitrogen and oxygen atoms in total. The van der Waals surface area contributed by atoms with Crippen LogP contribution in [0.1, 0.15) is 25.8 Å². The lowest BCUT2D eigenvalue weighted by Gasteiger charge is -2.39. The largest absolute Gasteiger partial charge is 0.375 e. The lowest BCUT2D eigenvalue weighted by atomic mass is 9.85. The number of ether oxygens (including phenoxy) is 1. The molecule has 0 radical (unpaired) electrons. The molecule has 2 saturated heterocycles. The molecule has 2 fully saturated rings. The Hall–Kier alpha value is -3.52. The molecular formula is C20H24N8O3. The van der Waals surface area contributed by atoms with Crippen molar-refractivity contribution in [2.24, 2.45) is 5.41 Å². The van der Waals surface area contributed by atoms with Crippen molar-refractivity contribution in [2.45, 2.75) is 25.8 Å². The highest BCUT2D eigenvalue weighted by Crippen LogP contribution is 2.36. The zero-order valence-corrected chi connectivity index (χ0v) is 17.5. The Bertz CT molecular complexity index is 1030. The summed E-state index contributed by atoms with van der Waals surface area (Å²) in [6, 6.07) is 3.95. The van der Waals surface area contributed by atoms with Crippen LogP contribution in [0.3, 0.4) is 0 Å². The monoisotopic (exact) mass is 424 g/mol. The average Bonchev–Trinajstić information content (AvgIpc) is 3.32. The summed E-state index contributed by atoms with van der Waals surface area (Å²) < 4.78 is 6.67. The number of rotatable bonds is 7. The molecule has 0 aromatic carbocycles. The summed E-state index contributed by atoms with van der Waals surface area (Å²) in [5.41, 5.74) is -0.271. The first-order chi connectivity index (χ1) is 15.0. The summed E-state index contributed by atoms with van der Waals surface area (Å²) in [5, 5.41) is 16.9. The van der Waals surface area contributed by atoms with Crippen LogP contribution >= 0.6 is 0 Å². The van der Waals surface area contributed by atoms with Crippen molar-refractivity contribution in [1.29, 1.82) is 5.26 Å². The van der Waals surface area contributed by atoms with E-state index in [1.165, 1.54) is 7.11 Å².